The molecule has 0 amide bonds. The van der Waals surface area contributed by atoms with E-state index in [0.29, 0.717) is 6.04 Å². The van der Waals surface area contributed by atoms with Crippen LogP contribution >= 0.6 is 12.2 Å². The van der Waals surface area contributed by atoms with Gasteiger partial charge in [-0.3, -0.25) is 0 Å². The van der Waals surface area contributed by atoms with E-state index in [1.807, 2.05) is 12.1 Å². The summed E-state index contributed by atoms with van der Waals surface area (Å²) in [6, 6.07) is 10.8. The Morgan fingerprint density at radius 1 is 1.07 bits per heavy atom. The zero-order valence-corrected chi connectivity index (χ0v) is 17.5. The van der Waals surface area contributed by atoms with Crippen molar-refractivity contribution in [2.75, 3.05) is 20.8 Å². The van der Waals surface area contributed by atoms with Gasteiger partial charge in [0.15, 0.2) is 5.11 Å². The van der Waals surface area contributed by atoms with Gasteiger partial charge in [-0.05, 0) is 55.4 Å². The number of hydrogen-bond acceptors (Lipinski definition) is 3. The van der Waals surface area contributed by atoms with E-state index in [4.69, 9.17) is 21.7 Å². The van der Waals surface area contributed by atoms with Gasteiger partial charge in [-0.2, -0.15) is 0 Å². The molecule has 0 spiro atoms. The fourth-order valence-corrected chi connectivity index (χ4v) is 4.85. The van der Waals surface area contributed by atoms with Crippen molar-refractivity contribution >= 4 is 17.3 Å². The van der Waals surface area contributed by atoms with Crippen LogP contribution in [0.4, 0.5) is 0 Å². The lowest BCUT2D eigenvalue weighted by molar-refractivity contribution is 0.271. The molecule has 2 aliphatic rings. The van der Waals surface area contributed by atoms with Crippen LogP contribution in [0.25, 0.3) is 0 Å². The number of fused-ring (bicyclic) bond motifs is 1. The van der Waals surface area contributed by atoms with Gasteiger partial charge in [0, 0.05) is 36.6 Å². The first-order chi connectivity index (χ1) is 13.7. The molecule has 1 fully saturated rings. The molecular weight excluding hydrogens is 370 g/mol. The van der Waals surface area contributed by atoms with Gasteiger partial charge in [-0.25, -0.2) is 0 Å². The third kappa shape index (κ3) is 3.70. The molecule has 1 aliphatic heterocycles. The van der Waals surface area contributed by atoms with E-state index in [9.17, 15) is 0 Å². The molecule has 1 saturated carbocycles. The minimum Gasteiger partial charge on any atom is -0.497 e. The van der Waals surface area contributed by atoms with E-state index in [1.54, 1.807) is 14.2 Å². The second-order valence-corrected chi connectivity index (χ2v) is 8.00. The van der Waals surface area contributed by atoms with E-state index < -0.39 is 0 Å². The number of nitrogens with one attached hydrogen (secondary N) is 1. The first-order valence-electron chi connectivity index (χ1n) is 10.2. The van der Waals surface area contributed by atoms with Crippen molar-refractivity contribution in [2.45, 2.75) is 50.7 Å². The fraction of sp³-hybridized carbons (Fsp3) is 0.500. The lowest BCUT2D eigenvalue weighted by Gasteiger charge is -2.40. The first-order valence-corrected chi connectivity index (χ1v) is 10.6. The zero-order chi connectivity index (χ0) is 19.5. The lowest BCUT2D eigenvalue weighted by Crippen LogP contribution is -2.50. The summed E-state index contributed by atoms with van der Waals surface area (Å²) in [5.41, 5.74) is 2.31. The molecule has 0 radical (unpaired) electrons. The van der Waals surface area contributed by atoms with Crippen LogP contribution in [0.2, 0.25) is 0 Å². The Morgan fingerprint density at radius 3 is 2.64 bits per heavy atom. The van der Waals surface area contributed by atoms with Gasteiger partial charge in [0.2, 0.25) is 0 Å². The lowest BCUT2D eigenvalue weighted by atomic mass is 9.95. The maximum absolute atomic E-state index is 5.91. The smallest absolute Gasteiger partial charge is 0.170 e. The molecule has 1 N–H and O–H groups in total. The summed E-state index contributed by atoms with van der Waals surface area (Å²) in [5, 5.41) is 4.50. The van der Waals surface area contributed by atoms with Gasteiger partial charge >= 0.3 is 0 Å². The molecule has 1 aromatic heterocycles. The molecule has 4 rings (SSSR count). The highest BCUT2D eigenvalue weighted by Gasteiger charge is 2.33. The molecule has 1 atom stereocenters. The van der Waals surface area contributed by atoms with Crippen molar-refractivity contribution in [2.24, 2.45) is 0 Å². The van der Waals surface area contributed by atoms with Gasteiger partial charge in [0.05, 0.1) is 14.2 Å². The quantitative estimate of drug-likeness (QED) is 0.783. The van der Waals surface area contributed by atoms with Gasteiger partial charge in [0.25, 0.3) is 0 Å². The highest BCUT2D eigenvalue weighted by molar-refractivity contribution is 7.80. The summed E-state index contributed by atoms with van der Waals surface area (Å²) in [6.45, 7) is 1.79. The number of rotatable bonds is 4. The molecule has 0 saturated heterocycles. The van der Waals surface area contributed by atoms with Crippen LogP contribution in [0.1, 0.15) is 49.4 Å². The van der Waals surface area contributed by atoms with E-state index in [2.05, 4.69) is 39.2 Å². The molecule has 2 heterocycles. The molecule has 2 aromatic rings. The average Bonchev–Trinajstić information content (AvgIpc) is 3.22. The van der Waals surface area contributed by atoms with Crippen molar-refractivity contribution in [1.82, 2.24) is 14.8 Å². The number of nitrogens with zero attached hydrogens (tertiary/aromatic N) is 2. The Balaban J connectivity index is 1.69. The van der Waals surface area contributed by atoms with Crippen LogP contribution < -0.4 is 14.8 Å². The Kier molecular flexibility index (Phi) is 5.76. The SMILES string of the molecule is COc1ccc(OC)c([C@@H]2c3cccn3CCN2C(=S)NC2CCCCC2)c1. The molecule has 1 aliphatic carbocycles. The number of ether oxygens (including phenoxy) is 2. The van der Waals surface area contributed by atoms with Gasteiger partial charge in [-0.15, -0.1) is 0 Å². The topological polar surface area (TPSA) is 38.7 Å². The molecule has 150 valence electrons. The molecule has 28 heavy (non-hydrogen) atoms. The molecule has 1 aromatic carbocycles. The molecular formula is C22H29N3O2S. The molecule has 0 bridgehead atoms. The number of hydrogen-bond donors (Lipinski definition) is 1. The molecule has 5 nitrogen and oxygen atoms in total. The van der Waals surface area contributed by atoms with Crippen molar-refractivity contribution in [1.29, 1.82) is 0 Å². The summed E-state index contributed by atoms with van der Waals surface area (Å²) < 4.78 is 13.5. The second kappa shape index (κ2) is 8.43. The minimum absolute atomic E-state index is 0.00242. The maximum Gasteiger partial charge on any atom is 0.170 e. The Labute approximate surface area is 172 Å². The fourth-order valence-electron chi connectivity index (χ4n) is 4.49. The average molecular weight is 400 g/mol. The molecule has 0 unspecified atom stereocenters. The Hall–Kier alpha value is -2.21. The molecule has 6 heteroatoms. The third-order valence-electron chi connectivity index (χ3n) is 5.96. The number of benzene rings is 1. The zero-order valence-electron chi connectivity index (χ0n) is 16.7. The van der Waals surface area contributed by atoms with Crippen LogP contribution in [-0.2, 0) is 6.54 Å². The van der Waals surface area contributed by atoms with Crippen molar-refractivity contribution in [3.8, 4) is 11.5 Å². The third-order valence-corrected chi connectivity index (χ3v) is 6.32. The normalized spacial score (nSPS) is 19.8. The first kappa shape index (κ1) is 19.1. The largest absolute Gasteiger partial charge is 0.497 e. The summed E-state index contributed by atoms with van der Waals surface area (Å²) in [6.07, 6.45) is 8.47. The van der Waals surface area contributed by atoms with Crippen LogP contribution in [0.15, 0.2) is 36.5 Å². The number of methoxy groups -OCH3 is 2. The summed E-state index contributed by atoms with van der Waals surface area (Å²) in [5.74, 6) is 1.68. The Bertz CT molecular complexity index is 829. The minimum atomic E-state index is -0.00242. The highest BCUT2D eigenvalue weighted by Crippen LogP contribution is 2.39. The van der Waals surface area contributed by atoms with Crippen LogP contribution in [0, 0.1) is 0 Å². The second-order valence-electron chi connectivity index (χ2n) is 7.61. The maximum atomic E-state index is 5.91. The van der Waals surface area contributed by atoms with Crippen LogP contribution in [0.5, 0.6) is 11.5 Å². The Morgan fingerprint density at radius 2 is 1.89 bits per heavy atom. The summed E-state index contributed by atoms with van der Waals surface area (Å²) in [7, 11) is 3.41. The van der Waals surface area contributed by atoms with Crippen LogP contribution in [0.3, 0.4) is 0 Å². The van der Waals surface area contributed by atoms with Crippen LogP contribution in [-0.4, -0.2) is 41.4 Å². The van der Waals surface area contributed by atoms with E-state index in [0.717, 1.165) is 35.3 Å². The highest BCUT2D eigenvalue weighted by atomic mass is 32.1. The number of thiocarbonyl (C=S) groups is 1. The van der Waals surface area contributed by atoms with Crippen molar-refractivity contribution in [3.05, 3.63) is 47.8 Å². The summed E-state index contributed by atoms with van der Waals surface area (Å²) >= 11 is 5.91. The van der Waals surface area contributed by atoms with Crippen molar-refractivity contribution in [3.63, 3.8) is 0 Å². The van der Waals surface area contributed by atoms with E-state index >= 15 is 0 Å². The van der Waals surface area contributed by atoms with Gasteiger partial charge in [-0.1, -0.05) is 19.3 Å². The number of aromatic nitrogens is 1. The van der Waals surface area contributed by atoms with Gasteiger partial charge in [0.1, 0.15) is 17.5 Å². The predicted octanol–water partition coefficient (Wildman–Crippen LogP) is 4.12. The van der Waals surface area contributed by atoms with E-state index in [1.165, 1.54) is 37.8 Å². The predicted molar refractivity (Wildman–Crippen MR) is 115 cm³/mol. The van der Waals surface area contributed by atoms with Crippen molar-refractivity contribution < 1.29 is 9.47 Å². The standard InChI is InChI=1S/C22H29N3O2S/c1-26-17-10-11-20(27-2)18(15-17)21-19-9-6-12-24(19)13-14-25(21)22(28)23-16-7-4-3-5-8-16/h6,9-12,15-16,21H,3-5,7-8,13-14H2,1-2H3,(H,23,28)/t21-/m1/s1. The van der Waals surface area contributed by atoms with E-state index in [-0.39, 0.29) is 6.04 Å². The monoisotopic (exact) mass is 399 g/mol. The van der Waals surface area contributed by atoms with Gasteiger partial charge < -0.3 is 24.3 Å². The summed E-state index contributed by atoms with van der Waals surface area (Å²) in [4.78, 5) is 2.32.